The van der Waals surface area contributed by atoms with Crippen molar-refractivity contribution in [2.45, 2.75) is 0 Å². The highest BCUT2D eigenvalue weighted by Crippen LogP contribution is 2.39. The number of aromatic nitrogens is 2. The molecule has 0 fully saturated rings. The first-order valence-electron chi connectivity index (χ1n) is 3.04. The molecule has 6 heteroatoms. The Labute approximate surface area is 89.3 Å². The van der Waals surface area contributed by atoms with Crippen molar-refractivity contribution < 1.29 is 0 Å². The van der Waals surface area contributed by atoms with Crippen LogP contribution >= 0.6 is 43.2 Å². The molecule has 62 valence electrons. The molecule has 0 spiro atoms. The number of thiophene rings is 1. The van der Waals surface area contributed by atoms with Crippen molar-refractivity contribution in [1.29, 1.82) is 0 Å². The van der Waals surface area contributed by atoms with Crippen LogP contribution in [0.3, 0.4) is 0 Å². The van der Waals surface area contributed by atoms with Crippen LogP contribution in [0.5, 0.6) is 0 Å². The maximum atomic E-state index is 5.66. The Morgan fingerprint density at radius 2 is 2.08 bits per heavy atom. The second kappa shape index (κ2) is 2.93. The molecule has 2 N–H and O–H groups in total. The minimum Gasteiger partial charge on any atom is -0.382 e. The average Bonchev–Trinajstić information content (AvgIpc) is 2.32. The van der Waals surface area contributed by atoms with Crippen molar-refractivity contribution in [2.75, 3.05) is 5.73 Å². The first-order chi connectivity index (χ1) is 5.70. The summed E-state index contributed by atoms with van der Waals surface area (Å²) in [5, 5.41) is 0. The van der Waals surface area contributed by atoms with Crippen LogP contribution in [0, 0.1) is 0 Å². The van der Waals surface area contributed by atoms with Crippen LogP contribution in [0.2, 0.25) is 0 Å². The number of hydrogen-bond donors (Lipinski definition) is 1. The fourth-order valence-corrected chi connectivity index (χ4v) is 2.99. The molecule has 2 heterocycles. The monoisotopic (exact) mass is 307 g/mol. The van der Waals surface area contributed by atoms with Gasteiger partial charge in [-0.05, 0) is 31.9 Å². The van der Waals surface area contributed by atoms with Gasteiger partial charge in [0.1, 0.15) is 17.7 Å². The van der Waals surface area contributed by atoms with E-state index in [2.05, 4.69) is 41.8 Å². The zero-order chi connectivity index (χ0) is 8.72. The van der Waals surface area contributed by atoms with Crippen LogP contribution in [0.1, 0.15) is 0 Å². The van der Waals surface area contributed by atoms with E-state index in [0.717, 1.165) is 18.5 Å². The van der Waals surface area contributed by atoms with Gasteiger partial charge in [0.05, 0.1) is 13.0 Å². The molecule has 0 aliphatic rings. The number of hydrogen-bond acceptors (Lipinski definition) is 4. The zero-order valence-corrected chi connectivity index (χ0v) is 9.70. The molecule has 2 aromatic heterocycles. The molecule has 12 heavy (non-hydrogen) atoms. The highest BCUT2D eigenvalue weighted by Gasteiger charge is 2.10. The van der Waals surface area contributed by atoms with E-state index in [0.29, 0.717) is 5.82 Å². The summed E-state index contributed by atoms with van der Waals surface area (Å²) in [6.45, 7) is 0. The fraction of sp³-hybridized carbons (Fsp3) is 0. The molecule has 0 saturated heterocycles. The minimum absolute atomic E-state index is 0.524. The number of rotatable bonds is 0. The van der Waals surface area contributed by atoms with Crippen LogP contribution < -0.4 is 5.73 Å². The van der Waals surface area contributed by atoms with Gasteiger partial charge in [-0.1, -0.05) is 0 Å². The van der Waals surface area contributed by atoms with Crippen molar-refractivity contribution in [3.8, 4) is 0 Å². The summed E-state index contributed by atoms with van der Waals surface area (Å²) in [6, 6.07) is 0. The van der Waals surface area contributed by atoms with Crippen LogP contribution in [-0.2, 0) is 0 Å². The first kappa shape index (κ1) is 8.40. The summed E-state index contributed by atoms with van der Waals surface area (Å²) < 4.78 is 2.84. The largest absolute Gasteiger partial charge is 0.382 e. The Balaban J connectivity index is 2.95. The van der Waals surface area contributed by atoms with E-state index in [1.54, 1.807) is 0 Å². The Bertz CT molecular complexity index is 440. The average molecular weight is 309 g/mol. The van der Waals surface area contributed by atoms with Crippen LogP contribution in [0.25, 0.3) is 10.2 Å². The topological polar surface area (TPSA) is 51.8 Å². The summed E-state index contributed by atoms with van der Waals surface area (Å²) >= 11 is 8.32. The molecule has 0 unspecified atom stereocenters. The van der Waals surface area contributed by atoms with E-state index in [9.17, 15) is 0 Å². The summed E-state index contributed by atoms with van der Waals surface area (Å²) in [5.74, 6) is 0.524. The lowest BCUT2D eigenvalue weighted by Gasteiger charge is -1.91. The number of nitrogen functional groups attached to an aromatic ring is 1. The third-order valence-electron chi connectivity index (χ3n) is 1.40. The molecular formula is C6H3Br2N3S. The maximum Gasteiger partial charge on any atom is 0.144 e. The van der Waals surface area contributed by atoms with Gasteiger partial charge in [0.25, 0.3) is 0 Å². The molecule has 0 bridgehead atoms. The van der Waals surface area contributed by atoms with E-state index >= 15 is 0 Å². The highest BCUT2D eigenvalue weighted by molar-refractivity contribution is 9.13. The van der Waals surface area contributed by atoms with Crippen LogP contribution in [0.15, 0.2) is 14.6 Å². The number of halogens is 2. The van der Waals surface area contributed by atoms with E-state index in [4.69, 9.17) is 5.73 Å². The van der Waals surface area contributed by atoms with Crippen molar-refractivity contribution in [3.05, 3.63) is 14.6 Å². The van der Waals surface area contributed by atoms with Crippen molar-refractivity contribution >= 4 is 59.2 Å². The summed E-state index contributed by atoms with van der Waals surface area (Å²) in [5.41, 5.74) is 6.52. The summed E-state index contributed by atoms with van der Waals surface area (Å²) in [7, 11) is 0. The number of anilines is 1. The van der Waals surface area contributed by atoms with E-state index in [1.807, 2.05) is 0 Å². The van der Waals surface area contributed by atoms with E-state index in [1.165, 1.54) is 17.7 Å². The summed E-state index contributed by atoms with van der Waals surface area (Å²) in [6.07, 6.45) is 1.46. The van der Waals surface area contributed by atoms with Crippen LogP contribution in [-0.4, -0.2) is 9.97 Å². The SMILES string of the molecule is Nc1ncnc2c(Br)c(Br)sc12. The Kier molecular flexibility index (Phi) is 2.05. The molecule has 0 aliphatic heterocycles. The van der Waals surface area contributed by atoms with Crippen molar-refractivity contribution in [3.63, 3.8) is 0 Å². The van der Waals surface area contributed by atoms with Crippen LogP contribution in [0.4, 0.5) is 5.82 Å². The molecule has 0 aliphatic carbocycles. The molecular weight excluding hydrogens is 306 g/mol. The maximum absolute atomic E-state index is 5.66. The second-order valence-corrected chi connectivity index (χ2v) is 5.26. The second-order valence-electron chi connectivity index (χ2n) is 2.13. The standard InChI is InChI=1S/C6H3Br2N3S/c7-2-3-4(12-5(2)8)6(9)11-1-10-3/h1H,(H2,9,10,11). The van der Waals surface area contributed by atoms with Crippen molar-refractivity contribution in [2.24, 2.45) is 0 Å². The third kappa shape index (κ3) is 1.14. The first-order valence-corrected chi connectivity index (χ1v) is 5.44. The number of nitrogens with two attached hydrogens (primary N) is 1. The fourth-order valence-electron chi connectivity index (χ4n) is 0.872. The lowest BCUT2D eigenvalue weighted by Crippen LogP contribution is -1.89. The Morgan fingerprint density at radius 1 is 1.33 bits per heavy atom. The Hall–Kier alpha value is -0.200. The normalized spacial score (nSPS) is 10.8. The smallest absolute Gasteiger partial charge is 0.144 e. The predicted molar refractivity (Wildman–Crippen MR) is 57.2 cm³/mol. The molecule has 3 nitrogen and oxygen atoms in total. The summed E-state index contributed by atoms with van der Waals surface area (Å²) in [4.78, 5) is 8.00. The van der Waals surface area contributed by atoms with Gasteiger partial charge in [0, 0.05) is 0 Å². The zero-order valence-electron chi connectivity index (χ0n) is 5.71. The molecule has 0 amide bonds. The molecule has 0 radical (unpaired) electrons. The molecule has 0 saturated carbocycles. The van der Waals surface area contributed by atoms with Gasteiger partial charge in [-0.3, -0.25) is 0 Å². The van der Waals surface area contributed by atoms with E-state index < -0.39 is 0 Å². The minimum atomic E-state index is 0.524. The molecule has 2 aromatic rings. The van der Waals surface area contributed by atoms with Gasteiger partial charge in [-0.2, -0.15) is 0 Å². The third-order valence-corrected chi connectivity index (χ3v) is 4.84. The quantitative estimate of drug-likeness (QED) is 0.814. The Morgan fingerprint density at radius 3 is 2.75 bits per heavy atom. The lowest BCUT2D eigenvalue weighted by atomic mass is 10.4. The van der Waals surface area contributed by atoms with Gasteiger partial charge >= 0.3 is 0 Å². The van der Waals surface area contributed by atoms with E-state index in [-0.39, 0.29) is 0 Å². The molecule has 0 aromatic carbocycles. The van der Waals surface area contributed by atoms with Gasteiger partial charge < -0.3 is 5.73 Å². The molecule has 0 atom stereocenters. The number of fused-ring (bicyclic) bond motifs is 1. The highest BCUT2D eigenvalue weighted by atomic mass is 79.9. The van der Waals surface area contributed by atoms with Gasteiger partial charge in [0.15, 0.2) is 0 Å². The van der Waals surface area contributed by atoms with Gasteiger partial charge in [-0.15, -0.1) is 11.3 Å². The van der Waals surface area contributed by atoms with Gasteiger partial charge in [0.2, 0.25) is 0 Å². The van der Waals surface area contributed by atoms with Crippen molar-refractivity contribution in [1.82, 2.24) is 9.97 Å². The van der Waals surface area contributed by atoms with Gasteiger partial charge in [-0.25, -0.2) is 9.97 Å². The predicted octanol–water partition coefficient (Wildman–Crippen LogP) is 2.80. The number of nitrogens with zero attached hydrogens (tertiary/aromatic N) is 2. The lowest BCUT2D eigenvalue weighted by molar-refractivity contribution is 1.23. The molecule has 2 rings (SSSR count).